The maximum Gasteiger partial charge on any atom is 1.00 e. The quantitative estimate of drug-likeness (QED) is 0.0438. The van der Waals surface area contributed by atoms with Crippen molar-refractivity contribution in [2.75, 3.05) is 16.4 Å². The van der Waals surface area contributed by atoms with Crippen LogP contribution in [0.2, 0.25) is 5.28 Å². The van der Waals surface area contributed by atoms with Gasteiger partial charge in [-0.25, -0.2) is 25.3 Å². The Hall–Kier alpha value is -1.12. The monoisotopic (exact) mass is 890 g/mol. The van der Waals surface area contributed by atoms with Gasteiger partial charge in [-0.15, -0.1) is 10.2 Å². The van der Waals surface area contributed by atoms with Crippen LogP contribution < -0.4 is 140 Å². The molecule has 0 spiro atoms. The number of nitrogen functional groups attached to an aromatic ring is 1. The van der Waals surface area contributed by atoms with Crippen molar-refractivity contribution in [1.29, 1.82) is 0 Å². The summed E-state index contributed by atoms with van der Waals surface area (Å²) in [6.07, 6.45) is 0. The summed E-state index contributed by atoms with van der Waals surface area (Å²) in [7, 11) is -20.6. The maximum atomic E-state index is 12.7. The first-order chi connectivity index (χ1) is 23.5. The van der Waals surface area contributed by atoms with E-state index in [2.05, 4.69) is 35.8 Å². The summed E-state index contributed by atoms with van der Waals surface area (Å²) in [4.78, 5) is 7.88. The van der Waals surface area contributed by atoms with Crippen LogP contribution in [0.4, 0.5) is 40.3 Å². The van der Waals surface area contributed by atoms with Gasteiger partial charge in [0.15, 0.2) is 0 Å². The number of azo groups is 1. The van der Waals surface area contributed by atoms with Gasteiger partial charge in [0.2, 0.25) is 17.2 Å². The minimum Gasteiger partial charge on any atom is -0.872 e. The van der Waals surface area contributed by atoms with Crippen molar-refractivity contribution in [2.24, 2.45) is 10.2 Å². The molecule has 0 aliphatic rings. The molecule has 55 heavy (non-hydrogen) atoms. The Morgan fingerprint density at radius 3 is 1.76 bits per heavy atom. The summed E-state index contributed by atoms with van der Waals surface area (Å²) < 4.78 is 139. The second kappa shape index (κ2) is 19.8. The summed E-state index contributed by atoms with van der Waals surface area (Å²) in [5, 5.41) is 23.6. The Kier molecular flexibility index (Phi) is 18.6. The van der Waals surface area contributed by atoms with E-state index in [1.165, 1.54) is 12.1 Å². The van der Waals surface area contributed by atoms with Crippen molar-refractivity contribution in [3.05, 3.63) is 65.9 Å². The fraction of sp³-hybridized carbons (Fsp3) is 0. The van der Waals surface area contributed by atoms with E-state index in [4.69, 9.17) is 17.3 Å². The van der Waals surface area contributed by atoms with Crippen LogP contribution in [-0.4, -0.2) is 66.8 Å². The number of nitrogens with one attached hydrogen (secondary N) is 2. The number of rotatable bonds is 10. The van der Waals surface area contributed by atoms with Crippen LogP contribution >= 0.6 is 11.6 Å². The third-order valence-corrected chi connectivity index (χ3v) is 9.99. The number of hydrogen-bond donors (Lipinski definition) is 4. The van der Waals surface area contributed by atoms with Crippen LogP contribution in [0.1, 0.15) is 0 Å². The molecule has 0 aliphatic heterocycles. The number of aromatic nitrogens is 3. The smallest absolute Gasteiger partial charge is 0.872 e. The maximum absolute atomic E-state index is 12.7. The van der Waals surface area contributed by atoms with E-state index >= 15 is 0 Å². The molecule has 268 valence electrons. The summed E-state index contributed by atoms with van der Waals surface area (Å²) in [5.41, 5.74) is 3.47. The zero-order chi connectivity index (χ0) is 37.7. The second-order valence-electron chi connectivity index (χ2n) is 9.91. The first-order valence-electron chi connectivity index (χ1n) is 13.0. The van der Waals surface area contributed by atoms with Crippen LogP contribution in [-0.2, 0) is 40.5 Å². The fourth-order valence-electron chi connectivity index (χ4n) is 4.35. The zero-order valence-electron chi connectivity index (χ0n) is 28.4. The van der Waals surface area contributed by atoms with Gasteiger partial charge >= 0.3 is 118 Å². The largest absolute Gasteiger partial charge is 1.00 e. The van der Waals surface area contributed by atoms with E-state index in [1.54, 1.807) is 0 Å². The van der Waals surface area contributed by atoms with Gasteiger partial charge in [-0.1, -0.05) is 17.9 Å². The molecule has 4 aromatic carbocycles. The molecule has 0 aliphatic carbocycles. The molecular formula is C25H15ClN8Na4O13S4. The third kappa shape index (κ3) is 12.9. The van der Waals surface area contributed by atoms with Gasteiger partial charge in [-0.3, -0.25) is 4.55 Å². The molecule has 1 heterocycles. The van der Waals surface area contributed by atoms with Crippen molar-refractivity contribution in [3.8, 4) is 5.75 Å². The van der Waals surface area contributed by atoms with E-state index in [0.29, 0.717) is 18.2 Å². The van der Waals surface area contributed by atoms with Crippen molar-refractivity contribution < 1.29 is 175 Å². The Bertz CT molecular complexity index is 2770. The molecule has 5 aromatic rings. The molecule has 0 radical (unpaired) electrons. The molecule has 30 heteroatoms. The first kappa shape index (κ1) is 51.9. The molecule has 0 saturated heterocycles. The number of anilines is 5. The summed E-state index contributed by atoms with van der Waals surface area (Å²) in [5.74, 6) is -1.76. The van der Waals surface area contributed by atoms with Gasteiger partial charge in [0.1, 0.15) is 46.6 Å². The van der Waals surface area contributed by atoms with E-state index in [1.807, 2.05) is 0 Å². The van der Waals surface area contributed by atoms with Crippen molar-refractivity contribution >= 4 is 103 Å². The average Bonchev–Trinajstić information content (AvgIpc) is 2.98. The van der Waals surface area contributed by atoms with Crippen molar-refractivity contribution in [1.82, 2.24) is 15.0 Å². The van der Waals surface area contributed by atoms with E-state index in [9.17, 15) is 57.0 Å². The average molecular weight is 891 g/mol. The van der Waals surface area contributed by atoms with E-state index in [-0.39, 0.29) is 142 Å². The molecule has 0 fully saturated rings. The third-order valence-electron chi connectivity index (χ3n) is 6.45. The Morgan fingerprint density at radius 2 is 1.24 bits per heavy atom. The first-order valence-corrected chi connectivity index (χ1v) is 19.1. The molecule has 1 aromatic heterocycles. The van der Waals surface area contributed by atoms with Crippen molar-refractivity contribution in [2.45, 2.75) is 19.6 Å². The van der Waals surface area contributed by atoms with Gasteiger partial charge in [0.05, 0.1) is 20.4 Å². The van der Waals surface area contributed by atoms with Gasteiger partial charge < -0.3 is 35.1 Å². The number of hydrogen-bond acceptors (Lipinski definition) is 20. The minimum atomic E-state index is -5.38. The van der Waals surface area contributed by atoms with Gasteiger partial charge in [-0.2, -0.15) is 23.4 Å². The second-order valence-corrected chi connectivity index (χ2v) is 15.7. The predicted molar refractivity (Wildman–Crippen MR) is 170 cm³/mol. The van der Waals surface area contributed by atoms with Crippen molar-refractivity contribution in [3.63, 3.8) is 0 Å². The molecule has 0 amide bonds. The Balaban J connectivity index is 0.00000378. The number of nitrogens with two attached hydrogens (primary N) is 1. The van der Waals surface area contributed by atoms with Crippen LogP contribution in [0.5, 0.6) is 5.75 Å². The predicted octanol–water partition coefficient (Wildman–Crippen LogP) is -9.79. The zero-order valence-corrected chi connectivity index (χ0v) is 40.5. The topological polar surface area (TPSA) is 362 Å². The van der Waals surface area contributed by atoms with Crippen LogP contribution in [0.3, 0.4) is 0 Å². The molecule has 0 unspecified atom stereocenters. The summed E-state index contributed by atoms with van der Waals surface area (Å²) in [6, 6.07) is 9.11. The standard InChI is InChI=1S/C25H19ClN8O13S4.4Na/c26-23-30-24(28-12-2-1-3-14(8-12)48(36,37)38)32-25(31-23)29-13-4-5-16(18(9-13)50(42,43)44)33-34-22-19(51(45,46)47)7-11-6-15(49(39,40)41)10-17(35)20(11)21(22)27;;;;/h1-10,35H,27H2,(H,36,37,38)(H,39,40,41)(H,42,43,44)(H,45,46,47)(H2,28,29,30,31,32);;;;/q;4*+1/p-4. The number of fused-ring (bicyclic) bond motifs is 1. The van der Waals surface area contributed by atoms with Gasteiger partial charge in [0.25, 0.3) is 10.1 Å². The molecule has 21 nitrogen and oxygen atoms in total. The molecule has 0 saturated carbocycles. The van der Waals surface area contributed by atoms with E-state index < -0.39 is 98.9 Å². The molecular weight excluding hydrogens is 876 g/mol. The number of halogens is 1. The normalized spacial score (nSPS) is 11.8. The van der Waals surface area contributed by atoms with Crippen LogP contribution in [0.15, 0.2) is 90.5 Å². The fourth-order valence-corrected chi connectivity index (χ4v) is 6.85. The Morgan fingerprint density at radius 1 is 0.673 bits per heavy atom. The Labute approximate surface area is 405 Å². The number of nitrogens with zero attached hydrogens (tertiary/aromatic N) is 5. The van der Waals surface area contributed by atoms with Gasteiger partial charge in [-0.05, 0) is 70.9 Å². The molecule has 5 rings (SSSR count). The SMILES string of the molecule is Nc1c(N=Nc2ccc(Nc3nc(Cl)nc(Nc4cccc(S(=O)(=O)[O-])c4)n3)cc2S(=O)(=O)[O-])c(S(=O)(=O)O)cc2cc(S(=O)(=O)[O-])cc([O-])c12.[Na+].[Na+].[Na+].[Na+]. The summed E-state index contributed by atoms with van der Waals surface area (Å²) in [6.45, 7) is 0. The van der Waals surface area contributed by atoms with E-state index in [0.717, 1.165) is 30.3 Å². The van der Waals surface area contributed by atoms with Crippen LogP contribution in [0.25, 0.3) is 10.8 Å². The molecule has 0 bridgehead atoms. The number of benzene rings is 4. The molecule has 5 N–H and O–H groups in total. The minimum absolute atomic E-state index is 0. The summed E-state index contributed by atoms with van der Waals surface area (Å²) >= 11 is 5.95. The molecule has 0 atom stereocenters. The van der Waals surface area contributed by atoms with Crippen LogP contribution in [0, 0.1) is 0 Å². The van der Waals surface area contributed by atoms with Gasteiger partial charge in [0, 0.05) is 11.4 Å².